The van der Waals surface area contributed by atoms with E-state index in [2.05, 4.69) is 45.4 Å². The van der Waals surface area contributed by atoms with Crippen molar-refractivity contribution in [3.63, 3.8) is 0 Å². The third-order valence-electron chi connectivity index (χ3n) is 6.41. The van der Waals surface area contributed by atoms with Crippen LogP contribution in [0.15, 0.2) is 34.7 Å². The first-order chi connectivity index (χ1) is 14.6. The summed E-state index contributed by atoms with van der Waals surface area (Å²) in [7, 11) is -3.27. The van der Waals surface area contributed by atoms with Gasteiger partial charge in [0.25, 0.3) is 0 Å². The number of benzene rings is 1. The first-order valence-corrected chi connectivity index (χ1v) is 12.8. The summed E-state index contributed by atoms with van der Waals surface area (Å²) in [6.07, 6.45) is 5.69. The molecule has 2 aliphatic heterocycles. The maximum Gasteiger partial charge on any atom is 0.234 e. The van der Waals surface area contributed by atoms with Gasteiger partial charge in [0, 0.05) is 19.0 Å². The van der Waals surface area contributed by atoms with Gasteiger partial charge in [0.1, 0.15) is 6.04 Å². The van der Waals surface area contributed by atoms with Gasteiger partial charge >= 0.3 is 0 Å². The molecule has 2 aromatic rings. The Balaban J connectivity index is 1.34. The van der Waals surface area contributed by atoms with E-state index in [-0.39, 0.29) is 17.7 Å². The van der Waals surface area contributed by atoms with Crippen LogP contribution < -0.4 is 0 Å². The molecular weight excluding hydrogens is 400 g/mol. The van der Waals surface area contributed by atoms with Crippen LogP contribution in [-0.2, 0) is 16.4 Å². The molecule has 8 heteroatoms. The van der Waals surface area contributed by atoms with E-state index in [9.17, 15) is 8.42 Å². The maximum absolute atomic E-state index is 12.5. The van der Waals surface area contributed by atoms with Crippen LogP contribution >= 0.6 is 0 Å². The number of likely N-dealkylation sites (tertiary alicyclic amines) is 1. The first kappa shape index (κ1) is 21.5. The Morgan fingerprint density at radius 2 is 1.73 bits per heavy atom. The van der Waals surface area contributed by atoms with E-state index < -0.39 is 10.0 Å². The number of aromatic nitrogens is 2. The average Bonchev–Trinajstić information content (AvgIpc) is 3.29. The van der Waals surface area contributed by atoms with E-state index in [1.165, 1.54) is 5.56 Å². The number of hydrogen-bond acceptors (Lipinski definition) is 6. The van der Waals surface area contributed by atoms with Gasteiger partial charge in [-0.05, 0) is 57.7 Å². The van der Waals surface area contributed by atoms with Crippen molar-refractivity contribution in [1.82, 2.24) is 19.4 Å². The second-order valence-corrected chi connectivity index (χ2v) is 10.6. The number of rotatable bonds is 7. The molecule has 0 N–H and O–H groups in total. The van der Waals surface area contributed by atoms with Crippen LogP contribution in [-0.4, -0.2) is 59.8 Å². The van der Waals surface area contributed by atoms with E-state index in [4.69, 9.17) is 4.42 Å². The topological polar surface area (TPSA) is 79.5 Å². The third-order valence-corrected chi connectivity index (χ3v) is 8.29. The van der Waals surface area contributed by atoms with Crippen LogP contribution in [0.1, 0.15) is 68.3 Å². The Kier molecular flexibility index (Phi) is 6.85. The minimum atomic E-state index is -3.27. The molecule has 2 fully saturated rings. The zero-order chi connectivity index (χ0) is 21.0. The fourth-order valence-electron chi connectivity index (χ4n) is 4.53. The Bertz CT molecular complexity index is 907. The van der Waals surface area contributed by atoms with Crippen LogP contribution in [0.5, 0.6) is 0 Å². The second kappa shape index (κ2) is 9.58. The van der Waals surface area contributed by atoms with Gasteiger partial charge in [-0.3, -0.25) is 0 Å². The molecule has 1 aromatic carbocycles. The fourth-order valence-corrected chi connectivity index (χ4v) is 5.85. The smallest absolute Gasteiger partial charge is 0.234 e. The normalized spacial score (nSPS) is 22.4. The molecule has 2 saturated heterocycles. The highest BCUT2D eigenvalue weighted by atomic mass is 32.2. The van der Waals surface area contributed by atoms with Crippen molar-refractivity contribution < 1.29 is 12.8 Å². The molecule has 0 saturated carbocycles. The lowest BCUT2D eigenvalue weighted by molar-refractivity contribution is 0.190. The SMILES string of the molecule is CCS(=O)(=O)N1CCCC[C@@H]1c1nnc(C2CCN(CCc3ccccc3)CC2)o1. The Morgan fingerprint density at radius 1 is 1.00 bits per heavy atom. The van der Waals surface area contributed by atoms with Crippen molar-refractivity contribution in [2.75, 3.05) is 31.9 Å². The zero-order valence-corrected chi connectivity index (χ0v) is 18.6. The highest BCUT2D eigenvalue weighted by Crippen LogP contribution is 2.34. The Hall–Kier alpha value is -1.77. The molecule has 0 aliphatic carbocycles. The average molecular weight is 433 g/mol. The summed E-state index contributed by atoms with van der Waals surface area (Å²) in [5.41, 5.74) is 1.38. The predicted molar refractivity (Wildman–Crippen MR) is 116 cm³/mol. The lowest BCUT2D eigenvalue weighted by atomic mass is 9.96. The molecule has 164 valence electrons. The largest absolute Gasteiger partial charge is 0.423 e. The minimum absolute atomic E-state index is 0.103. The van der Waals surface area contributed by atoms with Crippen molar-refractivity contribution in [2.45, 2.75) is 57.4 Å². The molecule has 0 bridgehead atoms. The molecule has 0 amide bonds. The van der Waals surface area contributed by atoms with Crippen LogP contribution in [0.25, 0.3) is 0 Å². The number of sulfonamides is 1. The van der Waals surface area contributed by atoms with Crippen molar-refractivity contribution in [2.24, 2.45) is 0 Å². The molecule has 30 heavy (non-hydrogen) atoms. The summed E-state index contributed by atoms with van der Waals surface area (Å²) in [4.78, 5) is 2.50. The van der Waals surface area contributed by atoms with Gasteiger partial charge in [-0.25, -0.2) is 8.42 Å². The molecular formula is C22H32N4O3S. The van der Waals surface area contributed by atoms with Gasteiger partial charge in [-0.15, -0.1) is 10.2 Å². The van der Waals surface area contributed by atoms with Crippen molar-refractivity contribution in [3.05, 3.63) is 47.7 Å². The predicted octanol–water partition coefficient (Wildman–Crippen LogP) is 3.37. The van der Waals surface area contributed by atoms with E-state index in [1.54, 1.807) is 11.2 Å². The molecule has 0 unspecified atom stereocenters. The summed E-state index contributed by atoms with van der Waals surface area (Å²) in [5.74, 6) is 1.51. The summed E-state index contributed by atoms with van der Waals surface area (Å²) in [6, 6.07) is 10.3. The maximum atomic E-state index is 12.5. The zero-order valence-electron chi connectivity index (χ0n) is 17.7. The van der Waals surface area contributed by atoms with Crippen LogP contribution in [0.2, 0.25) is 0 Å². The molecule has 1 aromatic heterocycles. The lowest BCUT2D eigenvalue weighted by Crippen LogP contribution is -2.39. The molecule has 7 nitrogen and oxygen atoms in total. The van der Waals surface area contributed by atoms with Gasteiger partial charge in [-0.2, -0.15) is 4.31 Å². The molecule has 0 spiro atoms. The summed E-state index contributed by atoms with van der Waals surface area (Å²) in [6.45, 7) is 5.34. The van der Waals surface area contributed by atoms with Crippen LogP contribution in [0, 0.1) is 0 Å². The summed E-state index contributed by atoms with van der Waals surface area (Å²) < 4.78 is 32.6. The monoisotopic (exact) mass is 432 g/mol. The highest BCUT2D eigenvalue weighted by Gasteiger charge is 2.36. The fraction of sp³-hybridized carbons (Fsp3) is 0.636. The van der Waals surface area contributed by atoms with Crippen molar-refractivity contribution in [1.29, 1.82) is 0 Å². The van der Waals surface area contributed by atoms with Gasteiger partial charge < -0.3 is 9.32 Å². The Morgan fingerprint density at radius 3 is 2.47 bits per heavy atom. The number of hydrogen-bond donors (Lipinski definition) is 0. The lowest BCUT2D eigenvalue weighted by Gasteiger charge is -2.32. The van der Waals surface area contributed by atoms with Crippen molar-refractivity contribution >= 4 is 10.0 Å². The van der Waals surface area contributed by atoms with Crippen LogP contribution in [0.4, 0.5) is 0 Å². The minimum Gasteiger partial charge on any atom is -0.423 e. The molecule has 1 atom stereocenters. The molecule has 2 aliphatic rings. The molecule has 0 radical (unpaired) electrons. The standard InChI is InChI=1S/C22H32N4O3S/c1-2-30(27,28)26-14-7-6-10-20(26)22-24-23-21(29-22)19-12-16-25(17-13-19)15-11-18-8-4-3-5-9-18/h3-5,8-9,19-20H,2,6-7,10-17H2,1H3/t20-/m1/s1. The quantitative estimate of drug-likeness (QED) is 0.667. The van der Waals surface area contributed by atoms with E-state index in [1.807, 2.05) is 0 Å². The first-order valence-electron chi connectivity index (χ1n) is 11.2. The van der Waals surface area contributed by atoms with E-state index in [0.29, 0.717) is 18.3 Å². The van der Waals surface area contributed by atoms with Crippen molar-refractivity contribution in [3.8, 4) is 0 Å². The highest BCUT2D eigenvalue weighted by molar-refractivity contribution is 7.89. The molecule has 3 heterocycles. The van der Waals surface area contributed by atoms with E-state index >= 15 is 0 Å². The Labute approximate surface area is 179 Å². The van der Waals surface area contributed by atoms with E-state index in [0.717, 1.165) is 58.2 Å². The van der Waals surface area contributed by atoms with Gasteiger partial charge in [0.2, 0.25) is 21.8 Å². The number of piperidine rings is 2. The second-order valence-electron chi connectivity index (χ2n) is 8.35. The van der Waals surface area contributed by atoms with Crippen LogP contribution in [0.3, 0.4) is 0 Å². The number of nitrogens with zero attached hydrogens (tertiary/aromatic N) is 4. The van der Waals surface area contributed by atoms with Gasteiger partial charge in [0.05, 0.1) is 5.75 Å². The van der Waals surface area contributed by atoms with Gasteiger partial charge in [0.15, 0.2) is 0 Å². The summed E-state index contributed by atoms with van der Waals surface area (Å²) in [5, 5.41) is 8.59. The third kappa shape index (κ3) is 4.92. The molecule has 4 rings (SSSR count). The van der Waals surface area contributed by atoms with Gasteiger partial charge in [-0.1, -0.05) is 36.8 Å². The summed E-state index contributed by atoms with van der Waals surface area (Å²) >= 11 is 0.